The molecule has 1 aromatic rings. The van der Waals surface area contributed by atoms with E-state index in [4.69, 9.17) is 4.74 Å². The number of carbonyl (C=O) groups excluding carboxylic acids is 1. The van der Waals surface area contributed by atoms with Crippen molar-refractivity contribution in [3.63, 3.8) is 0 Å². The zero-order chi connectivity index (χ0) is 17.8. The van der Waals surface area contributed by atoms with Gasteiger partial charge >= 0.3 is 6.03 Å². The third-order valence-electron chi connectivity index (χ3n) is 5.15. The van der Waals surface area contributed by atoms with Crippen molar-refractivity contribution < 1.29 is 9.53 Å². The molecule has 140 valence electrons. The minimum atomic E-state index is 0.0576. The number of hydrogen-bond donors (Lipinski definition) is 1. The standard InChI is InChI=1S/C19H31N3O2S/c1-4-8-20-19(23)22-11-7-17-15(13-22)12-18(25-17)24-16-5-9-21(10-6-16)14(2)3/h12,14,16H,4-11,13H2,1-3H3,(H,20,23). The predicted octanol–water partition coefficient (Wildman–Crippen LogP) is 3.48. The van der Waals surface area contributed by atoms with Gasteiger partial charge in [-0.05, 0) is 51.2 Å². The Balaban J connectivity index is 1.53. The summed E-state index contributed by atoms with van der Waals surface area (Å²) in [5.41, 5.74) is 1.26. The van der Waals surface area contributed by atoms with Crippen LogP contribution in [0, 0.1) is 0 Å². The van der Waals surface area contributed by atoms with Gasteiger partial charge in [0.05, 0.1) is 0 Å². The Morgan fingerprint density at radius 1 is 1.36 bits per heavy atom. The molecule has 6 heteroatoms. The minimum Gasteiger partial charge on any atom is -0.481 e. The van der Waals surface area contributed by atoms with Crippen LogP contribution in [-0.4, -0.2) is 54.2 Å². The fourth-order valence-corrected chi connectivity index (χ4v) is 4.63. The largest absolute Gasteiger partial charge is 0.481 e. The molecule has 1 N–H and O–H groups in total. The second-order valence-electron chi connectivity index (χ2n) is 7.36. The number of thiophene rings is 1. The molecular formula is C19H31N3O2S. The van der Waals surface area contributed by atoms with Gasteiger partial charge in [0.2, 0.25) is 0 Å². The van der Waals surface area contributed by atoms with Gasteiger partial charge in [0.1, 0.15) is 6.10 Å². The molecular weight excluding hydrogens is 334 g/mol. The van der Waals surface area contributed by atoms with Crippen LogP contribution in [0.25, 0.3) is 0 Å². The maximum Gasteiger partial charge on any atom is 0.317 e. The summed E-state index contributed by atoms with van der Waals surface area (Å²) in [7, 11) is 0. The van der Waals surface area contributed by atoms with Crippen LogP contribution in [-0.2, 0) is 13.0 Å². The Bertz CT molecular complexity index is 579. The van der Waals surface area contributed by atoms with Gasteiger partial charge in [-0.3, -0.25) is 0 Å². The van der Waals surface area contributed by atoms with Gasteiger partial charge in [0.15, 0.2) is 5.06 Å². The SMILES string of the molecule is CCCNC(=O)N1CCc2sc(OC3CCN(C(C)C)CC3)cc2C1. The number of hydrogen-bond acceptors (Lipinski definition) is 4. The lowest BCUT2D eigenvalue weighted by Crippen LogP contribution is -2.42. The van der Waals surface area contributed by atoms with Crippen molar-refractivity contribution in [2.24, 2.45) is 0 Å². The number of carbonyl (C=O) groups is 1. The van der Waals surface area contributed by atoms with E-state index in [9.17, 15) is 4.79 Å². The van der Waals surface area contributed by atoms with Gasteiger partial charge < -0.3 is 19.9 Å². The number of ether oxygens (including phenoxy) is 1. The van der Waals surface area contributed by atoms with Crippen LogP contribution in [0.1, 0.15) is 50.5 Å². The van der Waals surface area contributed by atoms with E-state index in [1.165, 1.54) is 10.4 Å². The summed E-state index contributed by atoms with van der Waals surface area (Å²) in [6.07, 6.45) is 4.45. The molecule has 0 unspecified atom stereocenters. The van der Waals surface area contributed by atoms with E-state index in [-0.39, 0.29) is 6.03 Å². The van der Waals surface area contributed by atoms with Gasteiger partial charge in [-0.25, -0.2) is 4.79 Å². The van der Waals surface area contributed by atoms with E-state index in [2.05, 4.69) is 37.1 Å². The minimum absolute atomic E-state index is 0.0576. The summed E-state index contributed by atoms with van der Waals surface area (Å²) in [6.45, 7) is 11.1. The number of rotatable bonds is 5. The first-order valence-electron chi connectivity index (χ1n) is 9.62. The first-order chi connectivity index (χ1) is 12.1. The molecule has 0 spiro atoms. The lowest BCUT2D eigenvalue weighted by molar-refractivity contribution is 0.0867. The van der Waals surface area contributed by atoms with Crippen LogP contribution in [0.15, 0.2) is 6.07 Å². The summed E-state index contributed by atoms with van der Waals surface area (Å²) < 4.78 is 6.27. The van der Waals surface area contributed by atoms with E-state index >= 15 is 0 Å². The molecule has 0 saturated carbocycles. The molecule has 0 radical (unpaired) electrons. The molecule has 25 heavy (non-hydrogen) atoms. The van der Waals surface area contributed by atoms with Gasteiger partial charge in [-0.2, -0.15) is 0 Å². The highest BCUT2D eigenvalue weighted by Gasteiger charge is 2.26. The number of amides is 2. The predicted molar refractivity (Wildman–Crippen MR) is 102 cm³/mol. The zero-order valence-corrected chi connectivity index (χ0v) is 16.5. The average molecular weight is 366 g/mol. The summed E-state index contributed by atoms with van der Waals surface area (Å²) in [4.78, 5) is 18.0. The first-order valence-corrected chi connectivity index (χ1v) is 10.4. The lowest BCUT2D eigenvalue weighted by Gasteiger charge is -2.34. The monoisotopic (exact) mass is 365 g/mol. The third-order valence-corrected chi connectivity index (χ3v) is 6.28. The lowest BCUT2D eigenvalue weighted by atomic mass is 10.1. The highest BCUT2D eigenvalue weighted by Crippen LogP contribution is 2.35. The van der Waals surface area contributed by atoms with Gasteiger partial charge in [-0.1, -0.05) is 6.92 Å². The van der Waals surface area contributed by atoms with Crippen molar-refractivity contribution in [3.8, 4) is 5.06 Å². The second-order valence-corrected chi connectivity index (χ2v) is 8.46. The molecule has 0 aliphatic carbocycles. The molecule has 1 saturated heterocycles. The van der Waals surface area contributed by atoms with Crippen LogP contribution < -0.4 is 10.1 Å². The number of fused-ring (bicyclic) bond motifs is 1. The van der Waals surface area contributed by atoms with Crippen LogP contribution in [0.4, 0.5) is 4.79 Å². The number of likely N-dealkylation sites (tertiary alicyclic amines) is 1. The van der Waals surface area contributed by atoms with Crippen molar-refractivity contribution in [1.29, 1.82) is 0 Å². The van der Waals surface area contributed by atoms with Crippen molar-refractivity contribution >= 4 is 17.4 Å². The van der Waals surface area contributed by atoms with Crippen LogP contribution in [0.3, 0.4) is 0 Å². The fourth-order valence-electron chi connectivity index (χ4n) is 3.56. The number of nitrogens with zero attached hydrogens (tertiary/aromatic N) is 2. The zero-order valence-electron chi connectivity index (χ0n) is 15.7. The molecule has 0 atom stereocenters. The van der Waals surface area contributed by atoms with Crippen LogP contribution >= 0.6 is 11.3 Å². The molecule has 3 rings (SSSR count). The van der Waals surface area contributed by atoms with Gasteiger partial charge in [-0.15, -0.1) is 11.3 Å². The molecule has 1 fully saturated rings. The fraction of sp³-hybridized carbons (Fsp3) is 0.737. The highest BCUT2D eigenvalue weighted by atomic mass is 32.1. The summed E-state index contributed by atoms with van der Waals surface area (Å²) in [6, 6.07) is 2.84. The summed E-state index contributed by atoms with van der Waals surface area (Å²) in [5.74, 6) is 0. The van der Waals surface area contributed by atoms with Crippen LogP contribution in [0.2, 0.25) is 0 Å². The molecule has 2 aliphatic heterocycles. The molecule has 0 aromatic carbocycles. The highest BCUT2D eigenvalue weighted by molar-refractivity contribution is 7.14. The molecule has 2 aliphatic rings. The third kappa shape index (κ3) is 4.67. The number of urea groups is 1. The summed E-state index contributed by atoms with van der Waals surface area (Å²) in [5, 5.41) is 4.00. The maximum absolute atomic E-state index is 12.2. The van der Waals surface area contributed by atoms with E-state index < -0.39 is 0 Å². The topological polar surface area (TPSA) is 44.8 Å². The Kier molecular flexibility index (Phi) is 6.23. The normalized spacial score (nSPS) is 19.1. The van der Waals surface area contributed by atoms with Crippen molar-refractivity contribution in [3.05, 3.63) is 16.5 Å². The van der Waals surface area contributed by atoms with Crippen molar-refractivity contribution in [2.45, 2.75) is 65.1 Å². The molecule has 3 heterocycles. The Morgan fingerprint density at radius 3 is 2.80 bits per heavy atom. The van der Waals surface area contributed by atoms with Crippen LogP contribution in [0.5, 0.6) is 5.06 Å². The second kappa shape index (κ2) is 8.41. The Morgan fingerprint density at radius 2 is 2.12 bits per heavy atom. The molecule has 2 amide bonds. The van der Waals surface area contributed by atoms with E-state index in [0.29, 0.717) is 18.7 Å². The number of piperidine rings is 1. The maximum atomic E-state index is 12.2. The molecule has 5 nitrogen and oxygen atoms in total. The van der Waals surface area contributed by atoms with Crippen molar-refractivity contribution in [1.82, 2.24) is 15.1 Å². The molecule has 1 aromatic heterocycles. The Hall–Kier alpha value is -1.27. The summed E-state index contributed by atoms with van der Waals surface area (Å²) >= 11 is 1.77. The van der Waals surface area contributed by atoms with E-state index in [1.807, 2.05) is 4.90 Å². The number of nitrogens with one attached hydrogen (secondary N) is 1. The van der Waals surface area contributed by atoms with Crippen molar-refractivity contribution in [2.75, 3.05) is 26.2 Å². The molecule has 0 bridgehead atoms. The smallest absolute Gasteiger partial charge is 0.317 e. The first kappa shape index (κ1) is 18.5. The Labute approximate surface area is 155 Å². The average Bonchev–Trinajstić information content (AvgIpc) is 3.01. The van der Waals surface area contributed by atoms with E-state index in [1.54, 1.807) is 11.3 Å². The van der Waals surface area contributed by atoms with E-state index in [0.717, 1.165) is 56.9 Å². The quantitative estimate of drug-likeness (QED) is 0.869. The van der Waals surface area contributed by atoms with Gasteiger partial charge in [0, 0.05) is 43.6 Å². The van der Waals surface area contributed by atoms with Gasteiger partial charge in [0.25, 0.3) is 0 Å².